The van der Waals surface area contributed by atoms with Crippen LogP contribution in [0.25, 0.3) is 16.6 Å². The standard InChI is InChI=1S/C25H20FN3S/c1-30-25-20(17-8-3-7-13-23(17)29-25)14-16-15-27-22-12-6-4-10-19(22)24(28-16)18-9-2-5-11-21(18)26/h2-13,29H,14-15H2,1H3. The molecule has 0 atom stereocenters. The van der Waals surface area contributed by atoms with Gasteiger partial charge in [0.25, 0.3) is 0 Å². The second kappa shape index (κ2) is 7.92. The number of aromatic nitrogens is 1. The third-order valence-corrected chi connectivity index (χ3v) is 6.11. The summed E-state index contributed by atoms with van der Waals surface area (Å²) in [6.07, 6.45) is 2.73. The lowest BCUT2D eigenvalue weighted by atomic mass is 10.1. The number of hydrogen-bond donors (Lipinski definition) is 1. The summed E-state index contributed by atoms with van der Waals surface area (Å²) in [6, 6.07) is 22.9. The summed E-state index contributed by atoms with van der Waals surface area (Å²) in [5.41, 5.74) is 4.40. The minimum atomic E-state index is -0.274. The van der Waals surface area contributed by atoms with Crippen molar-refractivity contribution < 1.29 is 4.39 Å². The number of rotatable bonds is 4. The molecule has 5 rings (SSSR count). The summed E-state index contributed by atoms with van der Waals surface area (Å²) in [5, 5.41) is 4.03. The molecule has 0 saturated carbocycles. The molecule has 1 N–H and O–H groups in total. The number of benzene rings is 3. The van der Waals surface area contributed by atoms with E-state index >= 15 is 0 Å². The summed E-state index contributed by atoms with van der Waals surface area (Å²) in [6.45, 7) is 0.488. The molecule has 1 aliphatic heterocycles. The third kappa shape index (κ3) is 3.35. The van der Waals surface area contributed by atoms with E-state index in [-0.39, 0.29) is 5.82 Å². The first kappa shape index (κ1) is 18.8. The van der Waals surface area contributed by atoms with Gasteiger partial charge in [0.2, 0.25) is 0 Å². The fraction of sp³-hybridized carbons (Fsp3) is 0.120. The second-order valence-corrected chi connectivity index (χ2v) is 8.02. The number of aromatic amines is 1. The quantitative estimate of drug-likeness (QED) is 0.492. The van der Waals surface area contributed by atoms with Crippen LogP contribution in [0.3, 0.4) is 0 Å². The average molecular weight is 414 g/mol. The predicted molar refractivity (Wildman–Crippen MR) is 122 cm³/mol. The van der Waals surface area contributed by atoms with Crippen molar-refractivity contribution in [2.45, 2.75) is 11.4 Å². The largest absolute Gasteiger partial charge is 0.349 e. The van der Waals surface area contributed by atoms with Crippen LogP contribution >= 0.6 is 11.8 Å². The summed E-state index contributed by atoms with van der Waals surface area (Å²) in [4.78, 5) is 13.3. The Morgan fingerprint density at radius 1 is 0.967 bits per heavy atom. The zero-order chi connectivity index (χ0) is 20.5. The highest BCUT2D eigenvalue weighted by Gasteiger charge is 2.17. The molecule has 0 spiro atoms. The van der Waals surface area contributed by atoms with Crippen molar-refractivity contribution in [3.05, 3.63) is 100 Å². The SMILES string of the molecule is CSc1[nH]c2ccccc2c1CC1=NC(c2ccccc2F)=c2ccccc2=NC1. The molecule has 0 fully saturated rings. The third-order valence-electron chi connectivity index (χ3n) is 5.35. The molecular formula is C25H20FN3S. The topological polar surface area (TPSA) is 40.5 Å². The first-order chi connectivity index (χ1) is 14.7. The number of hydrogen-bond acceptors (Lipinski definition) is 3. The summed E-state index contributed by atoms with van der Waals surface area (Å²) in [7, 11) is 0. The van der Waals surface area contributed by atoms with E-state index in [4.69, 9.17) is 9.98 Å². The van der Waals surface area contributed by atoms with Crippen LogP contribution in [0.15, 0.2) is 87.8 Å². The van der Waals surface area contributed by atoms with E-state index in [2.05, 4.69) is 29.4 Å². The van der Waals surface area contributed by atoms with E-state index in [1.54, 1.807) is 23.9 Å². The molecule has 3 aromatic carbocycles. The molecule has 1 aliphatic rings. The van der Waals surface area contributed by atoms with Gasteiger partial charge in [-0.15, -0.1) is 11.8 Å². The number of thioether (sulfide) groups is 1. The number of H-pyrrole nitrogens is 1. The number of aliphatic imine (C=N–C) groups is 1. The molecule has 30 heavy (non-hydrogen) atoms. The van der Waals surface area contributed by atoms with Crippen LogP contribution in [0, 0.1) is 5.82 Å². The zero-order valence-electron chi connectivity index (χ0n) is 16.5. The van der Waals surface area contributed by atoms with Gasteiger partial charge in [-0.1, -0.05) is 48.5 Å². The van der Waals surface area contributed by atoms with Crippen molar-refractivity contribution in [3.63, 3.8) is 0 Å². The van der Waals surface area contributed by atoms with Crippen LogP contribution in [0.2, 0.25) is 0 Å². The molecule has 0 amide bonds. The molecular weight excluding hydrogens is 393 g/mol. The summed E-state index contributed by atoms with van der Waals surface area (Å²) >= 11 is 1.69. The molecule has 3 nitrogen and oxygen atoms in total. The molecule has 148 valence electrons. The van der Waals surface area contributed by atoms with E-state index in [1.807, 2.05) is 36.4 Å². The lowest BCUT2D eigenvalue weighted by Crippen LogP contribution is -2.26. The Morgan fingerprint density at radius 3 is 2.60 bits per heavy atom. The molecule has 5 heteroatoms. The van der Waals surface area contributed by atoms with Crippen molar-refractivity contribution in [3.8, 4) is 0 Å². The van der Waals surface area contributed by atoms with Crippen molar-refractivity contribution in [1.82, 2.24) is 4.98 Å². The Hall–Kier alpha value is -3.18. The maximum atomic E-state index is 14.7. The molecule has 0 aliphatic carbocycles. The Labute approximate surface area is 178 Å². The molecule has 0 bridgehead atoms. The molecule has 0 unspecified atom stereocenters. The normalized spacial score (nSPS) is 13.5. The van der Waals surface area contributed by atoms with Crippen molar-refractivity contribution in [2.75, 3.05) is 12.8 Å². The van der Waals surface area contributed by atoms with E-state index in [1.165, 1.54) is 17.0 Å². The van der Waals surface area contributed by atoms with Crippen LogP contribution in [-0.4, -0.2) is 23.5 Å². The summed E-state index contributed by atoms with van der Waals surface area (Å²) < 4.78 is 14.7. The Bertz CT molecular complexity index is 1400. The predicted octanol–water partition coefficient (Wildman–Crippen LogP) is 4.50. The maximum absolute atomic E-state index is 14.7. The van der Waals surface area contributed by atoms with Crippen molar-refractivity contribution >= 4 is 34.1 Å². The van der Waals surface area contributed by atoms with Gasteiger partial charge in [0.1, 0.15) is 5.82 Å². The lowest BCUT2D eigenvalue weighted by molar-refractivity contribution is 0.623. The highest BCUT2D eigenvalue weighted by Crippen LogP contribution is 2.29. The Kier molecular flexibility index (Phi) is 4.97. The van der Waals surface area contributed by atoms with Crippen molar-refractivity contribution in [1.29, 1.82) is 0 Å². The van der Waals surface area contributed by atoms with Gasteiger partial charge in [-0.25, -0.2) is 4.39 Å². The summed E-state index contributed by atoms with van der Waals surface area (Å²) in [5.74, 6) is -0.274. The molecule has 2 heterocycles. The van der Waals surface area contributed by atoms with Gasteiger partial charge in [-0.3, -0.25) is 9.98 Å². The van der Waals surface area contributed by atoms with Crippen LogP contribution in [0.1, 0.15) is 11.1 Å². The minimum absolute atomic E-state index is 0.274. The number of nitrogens with zero attached hydrogens (tertiary/aromatic N) is 2. The van der Waals surface area contributed by atoms with E-state index < -0.39 is 0 Å². The van der Waals surface area contributed by atoms with E-state index in [9.17, 15) is 4.39 Å². The van der Waals surface area contributed by atoms with E-state index in [0.29, 0.717) is 24.2 Å². The van der Waals surface area contributed by atoms with Crippen LogP contribution in [0.4, 0.5) is 4.39 Å². The first-order valence-electron chi connectivity index (χ1n) is 9.83. The van der Waals surface area contributed by atoms with Crippen molar-refractivity contribution in [2.24, 2.45) is 9.98 Å². The molecule has 4 aromatic rings. The van der Waals surface area contributed by atoms with Gasteiger partial charge < -0.3 is 4.98 Å². The highest BCUT2D eigenvalue weighted by atomic mass is 32.2. The monoisotopic (exact) mass is 413 g/mol. The van der Waals surface area contributed by atoms with E-state index in [0.717, 1.165) is 26.8 Å². The smallest absolute Gasteiger partial charge is 0.132 e. The second-order valence-electron chi connectivity index (χ2n) is 7.20. The zero-order valence-corrected chi connectivity index (χ0v) is 17.3. The van der Waals surface area contributed by atoms with Gasteiger partial charge in [0.15, 0.2) is 0 Å². The maximum Gasteiger partial charge on any atom is 0.132 e. The fourth-order valence-electron chi connectivity index (χ4n) is 3.93. The van der Waals surface area contributed by atoms with Crippen LogP contribution < -0.4 is 10.6 Å². The van der Waals surface area contributed by atoms with Gasteiger partial charge in [-0.05, 0) is 36.1 Å². The van der Waals surface area contributed by atoms with Crippen LogP contribution in [0.5, 0.6) is 0 Å². The number of halogens is 1. The molecule has 0 radical (unpaired) electrons. The van der Waals surface area contributed by atoms with Gasteiger partial charge >= 0.3 is 0 Å². The fourth-order valence-corrected chi connectivity index (χ4v) is 4.57. The van der Waals surface area contributed by atoms with Crippen LogP contribution in [-0.2, 0) is 6.42 Å². The molecule has 0 saturated heterocycles. The van der Waals surface area contributed by atoms with Gasteiger partial charge in [0.05, 0.1) is 22.6 Å². The van der Waals surface area contributed by atoms with Gasteiger partial charge in [-0.2, -0.15) is 0 Å². The Balaban J connectivity index is 1.69. The highest BCUT2D eigenvalue weighted by molar-refractivity contribution is 7.98. The average Bonchev–Trinajstić information content (AvgIpc) is 3.03. The number of para-hydroxylation sites is 2. The lowest BCUT2D eigenvalue weighted by Gasteiger charge is -2.08. The number of fused-ring (bicyclic) bond motifs is 2. The first-order valence-corrected chi connectivity index (χ1v) is 11.1. The Morgan fingerprint density at radius 2 is 1.73 bits per heavy atom. The van der Waals surface area contributed by atoms with Gasteiger partial charge in [0, 0.05) is 33.8 Å². The minimum Gasteiger partial charge on any atom is -0.349 e. The number of nitrogens with one attached hydrogen (secondary N) is 1. The molecule has 1 aromatic heterocycles.